The number of halogens is 1. The summed E-state index contributed by atoms with van der Waals surface area (Å²) in [6.45, 7) is -0.230. The van der Waals surface area contributed by atoms with Gasteiger partial charge < -0.3 is 19.7 Å². The monoisotopic (exact) mass is 371 g/mol. The van der Waals surface area contributed by atoms with Gasteiger partial charge >= 0.3 is 0 Å². The van der Waals surface area contributed by atoms with E-state index >= 15 is 0 Å². The smallest absolute Gasteiger partial charge is 0.258 e. The molecule has 1 heterocycles. The largest absolute Gasteiger partial charge is 0.504 e. The average Bonchev–Trinajstić information content (AvgIpc) is 3.05. The first-order chi connectivity index (χ1) is 12.5. The summed E-state index contributed by atoms with van der Waals surface area (Å²) in [5.41, 5.74) is 0.847. The molecule has 2 aromatic carbocycles. The third-order valence-corrected chi connectivity index (χ3v) is 4.10. The van der Waals surface area contributed by atoms with Crippen molar-refractivity contribution in [3.63, 3.8) is 0 Å². The maximum absolute atomic E-state index is 12.4. The summed E-state index contributed by atoms with van der Waals surface area (Å²) in [5, 5.41) is 13.2. The van der Waals surface area contributed by atoms with E-state index in [1.54, 1.807) is 36.5 Å². The van der Waals surface area contributed by atoms with E-state index in [1.165, 1.54) is 6.07 Å². The van der Waals surface area contributed by atoms with Gasteiger partial charge in [-0.3, -0.25) is 4.79 Å². The zero-order valence-corrected chi connectivity index (χ0v) is 14.8. The molecule has 3 aromatic rings. The summed E-state index contributed by atoms with van der Waals surface area (Å²) in [6.07, 6.45) is 3.48. The molecule has 0 aliphatic rings. The minimum Gasteiger partial charge on any atom is -0.504 e. The molecule has 0 aliphatic carbocycles. The Bertz CT molecular complexity index is 893. The van der Waals surface area contributed by atoms with Gasteiger partial charge in [-0.2, -0.15) is 0 Å². The van der Waals surface area contributed by atoms with Crippen LogP contribution in [0.15, 0.2) is 60.9 Å². The number of aromatic hydroxyl groups is 1. The number of nitrogens with one attached hydrogen (secondary N) is 1. The molecule has 26 heavy (non-hydrogen) atoms. The van der Waals surface area contributed by atoms with E-state index in [1.807, 2.05) is 29.9 Å². The number of aryl methyl sites for hydroxylation is 1. The lowest BCUT2D eigenvalue weighted by molar-refractivity contribution is -0.123. The lowest BCUT2D eigenvalue weighted by Gasteiger charge is -2.19. The molecule has 134 valence electrons. The maximum atomic E-state index is 12.4. The van der Waals surface area contributed by atoms with Crippen LogP contribution in [0, 0.1) is 0 Å². The molecule has 3 rings (SSSR count). The number of hydrogen-bond donors (Lipinski definition) is 2. The summed E-state index contributed by atoms with van der Waals surface area (Å²) < 4.78 is 7.23. The average molecular weight is 372 g/mol. The van der Waals surface area contributed by atoms with E-state index in [0.717, 1.165) is 5.56 Å². The number of para-hydroxylation sites is 2. The van der Waals surface area contributed by atoms with Gasteiger partial charge in [0, 0.05) is 24.5 Å². The predicted octanol–water partition coefficient (Wildman–Crippen LogP) is 3.06. The Labute approximate surface area is 156 Å². The molecule has 0 saturated heterocycles. The van der Waals surface area contributed by atoms with Gasteiger partial charge in [-0.05, 0) is 29.8 Å². The van der Waals surface area contributed by atoms with Crippen molar-refractivity contribution in [3.05, 3.63) is 77.3 Å². The minimum absolute atomic E-state index is 0.0151. The molecule has 0 unspecified atom stereocenters. The molecule has 7 heteroatoms. The molecular weight excluding hydrogens is 354 g/mol. The molecule has 1 amide bonds. The lowest BCUT2D eigenvalue weighted by atomic mass is 10.1. The minimum atomic E-state index is -0.451. The summed E-state index contributed by atoms with van der Waals surface area (Å²) in [7, 11) is 1.86. The van der Waals surface area contributed by atoms with Gasteiger partial charge in [-0.15, -0.1) is 0 Å². The van der Waals surface area contributed by atoms with Crippen molar-refractivity contribution in [1.29, 1.82) is 0 Å². The number of rotatable bonds is 6. The van der Waals surface area contributed by atoms with Gasteiger partial charge in [-0.25, -0.2) is 4.98 Å². The van der Waals surface area contributed by atoms with Crippen molar-refractivity contribution < 1.29 is 14.6 Å². The third kappa shape index (κ3) is 4.15. The molecule has 0 radical (unpaired) electrons. The number of carbonyl (C=O) groups excluding carboxylic acids is 1. The van der Waals surface area contributed by atoms with Crippen LogP contribution in [0.25, 0.3) is 0 Å². The first kappa shape index (κ1) is 17.8. The Morgan fingerprint density at radius 3 is 2.65 bits per heavy atom. The second kappa shape index (κ2) is 7.93. The molecule has 1 atom stereocenters. The molecule has 0 bridgehead atoms. The number of ether oxygens (including phenoxy) is 1. The number of aromatic nitrogens is 2. The number of amides is 1. The highest BCUT2D eigenvalue weighted by Gasteiger charge is 2.21. The van der Waals surface area contributed by atoms with Crippen LogP contribution in [0.1, 0.15) is 17.4 Å². The number of nitrogens with zero attached hydrogens (tertiary/aromatic N) is 2. The van der Waals surface area contributed by atoms with Gasteiger partial charge in [0.2, 0.25) is 0 Å². The van der Waals surface area contributed by atoms with Crippen LogP contribution in [0.2, 0.25) is 5.02 Å². The summed E-state index contributed by atoms with van der Waals surface area (Å²) in [5.74, 6) is 0.584. The fourth-order valence-corrected chi connectivity index (χ4v) is 2.66. The highest BCUT2D eigenvalue weighted by molar-refractivity contribution is 6.30. The van der Waals surface area contributed by atoms with Gasteiger partial charge in [0.1, 0.15) is 11.9 Å². The first-order valence-corrected chi connectivity index (χ1v) is 8.35. The Kier molecular flexibility index (Phi) is 5.43. The zero-order chi connectivity index (χ0) is 18.5. The highest BCUT2D eigenvalue weighted by Crippen LogP contribution is 2.25. The zero-order valence-electron chi connectivity index (χ0n) is 14.1. The van der Waals surface area contributed by atoms with Crippen molar-refractivity contribution >= 4 is 17.5 Å². The molecule has 2 N–H and O–H groups in total. The van der Waals surface area contributed by atoms with Crippen LogP contribution in [0.5, 0.6) is 11.5 Å². The van der Waals surface area contributed by atoms with Crippen molar-refractivity contribution in [2.45, 2.75) is 6.04 Å². The first-order valence-electron chi connectivity index (χ1n) is 7.97. The van der Waals surface area contributed by atoms with E-state index in [-0.39, 0.29) is 24.0 Å². The van der Waals surface area contributed by atoms with Crippen LogP contribution in [0.4, 0.5) is 0 Å². The Morgan fingerprint density at radius 2 is 2.00 bits per heavy atom. The van der Waals surface area contributed by atoms with Gasteiger partial charge in [0.15, 0.2) is 18.1 Å². The van der Waals surface area contributed by atoms with Crippen molar-refractivity contribution in [2.75, 3.05) is 6.61 Å². The molecule has 0 saturated carbocycles. The van der Waals surface area contributed by atoms with E-state index in [9.17, 15) is 9.90 Å². The molecule has 0 aliphatic heterocycles. The number of imidazole rings is 1. The Hall–Kier alpha value is -2.99. The maximum Gasteiger partial charge on any atom is 0.258 e. The lowest BCUT2D eigenvalue weighted by Crippen LogP contribution is -2.34. The molecule has 1 aromatic heterocycles. The van der Waals surface area contributed by atoms with Crippen LogP contribution in [-0.4, -0.2) is 27.2 Å². The Morgan fingerprint density at radius 1 is 1.27 bits per heavy atom. The van der Waals surface area contributed by atoms with E-state index in [4.69, 9.17) is 16.3 Å². The van der Waals surface area contributed by atoms with E-state index < -0.39 is 6.04 Å². The molecule has 0 spiro atoms. The number of carbonyl (C=O) groups is 1. The summed E-state index contributed by atoms with van der Waals surface area (Å²) in [4.78, 5) is 16.7. The van der Waals surface area contributed by atoms with Crippen LogP contribution in [0.3, 0.4) is 0 Å². The number of benzene rings is 2. The van der Waals surface area contributed by atoms with E-state index in [2.05, 4.69) is 10.3 Å². The standard InChI is InChI=1S/C19H18ClN3O3/c1-23-11-10-21-19(23)18(13-6-8-14(20)9-7-13)22-17(25)12-26-16-5-3-2-4-15(16)24/h2-11,18,24H,12H2,1H3,(H,22,25)/t18-/m0/s1. The molecule has 6 nitrogen and oxygen atoms in total. The van der Waals surface area contributed by atoms with Crippen molar-refractivity contribution in [1.82, 2.24) is 14.9 Å². The summed E-state index contributed by atoms with van der Waals surface area (Å²) >= 11 is 5.96. The number of phenols is 1. The second-order valence-corrected chi connectivity index (χ2v) is 6.14. The van der Waals surface area contributed by atoms with Gasteiger partial charge in [-0.1, -0.05) is 35.9 Å². The van der Waals surface area contributed by atoms with Crippen LogP contribution >= 0.6 is 11.6 Å². The molecular formula is C19H18ClN3O3. The van der Waals surface area contributed by atoms with Gasteiger partial charge in [0.05, 0.1) is 0 Å². The van der Waals surface area contributed by atoms with Crippen LogP contribution < -0.4 is 10.1 Å². The number of phenolic OH excluding ortho intramolecular Hbond substituents is 1. The number of hydrogen-bond acceptors (Lipinski definition) is 4. The van der Waals surface area contributed by atoms with Crippen molar-refractivity contribution in [2.24, 2.45) is 7.05 Å². The second-order valence-electron chi connectivity index (χ2n) is 5.70. The van der Waals surface area contributed by atoms with Crippen molar-refractivity contribution in [3.8, 4) is 11.5 Å². The fourth-order valence-electron chi connectivity index (χ4n) is 2.53. The predicted molar refractivity (Wildman–Crippen MR) is 98.2 cm³/mol. The van der Waals surface area contributed by atoms with Gasteiger partial charge in [0.25, 0.3) is 5.91 Å². The molecule has 0 fully saturated rings. The summed E-state index contributed by atoms with van der Waals surface area (Å²) in [6, 6.07) is 13.2. The SMILES string of the molecule is Cn1ccnc1[C@@H](NC(=O)COc1ccccc1O)c1ccc(Cl)cc1. The topological polar surface area (TPSA) is 76.4 Å². The highest BCUT2D eigenvalue weighted by atomic mass is 35.5. The van der Waals surface area contributed by atoms with E-state index in [0.29, 0.717) is 10.8 Å². The quantitative estimate of drug-likeness (QED) is 0.698. The van der Waals surface area contributed by atoms with Crippen LogP contribution in [-0.2, 0) is 11.8 Å². The normalized spacial score (nSPS) is 11.8. The Balaban J connectivity index is 1.75. The fraction of sp³-hybridized carbons (Fsp3) is 0.158. The third-order valence-electron chi connectivity index (χ3n) is 3.85.